The molecule has 0 amide bonds. The smallest absolute Gasteiger partial charge is 0.334 e. The Morgan fingerprint density at radius 2 is 1.93 bits per heavy atom. The van der Waals surface area contributed by atoms with Crippen LogP contribution in [0, 0.1) is 10.1 Å². The fourth-order valence-corrected chi connectivity index (χ4v) is 3.26. The van der Waals surface area contributed by atoms with E-state index in [-0.39, 0.29) is 34.8 Å². The third-order valence-electron chi connectivity index (χ3n) is 4.44. The van der Waals surface area contributed by atoms with Crippen molar-refractivity contribution < 1.29 is 29.1 Å². The molecule has 3 N–H and O–H groups in total. The number of carboxylic acids is 2. The van der Waals surface area contributed by atoms with Gasteiger partial charge in [-0.2, -0.15) is 0 Å². The van der Waals surface area contributed by atoms with E-state index < -0.39 is 35.0 Å². The number of nitrogens with one attached hydrogen (secondary N) is 1. The van der Waals surface area contributed by atoms with Gasteiger partial charge in [-0.3, -0.25) is 10.1 Å². The normalized spacial score (nSPS) is 16.5. The third-order valence-corrected chi connectivity index (χ3v) is 4.44. The molecule has 0 aliphatic carbocycles. The van der Waals surface area contributed by atoms with Crippen LogP contribution < -0.4 is 5.32 Å². The minimum atomic E-state index is -1.53. The number of rotatable bonds is 7. The van der Waals surface area contributed by atoms with Crippen LogP contribution in [-0.4, -0.2) is 43.3 Å². The van der Waals surface area contributed by atoms with Gasteiger partial charge in [0.2, 0.25) is 0 Å². The molecule has 29 heavy (non-hydrogen) atoms. The van der Waals surface area contributed by atoms with Gasteiger partial charge in [0.25, 0.3) is 5.69 Å². The number of carbonyl (C=O) groups is 2. The lowest BCUT2D eigenvalue weighted by molar-refractivity contribution is -0.384. The van der Waals surface area contributed by atoms with Crippen molar-refractivity contribution in [3.8, 4) is 0 Å². The second-order valence-electron chi connectivity index (χ2n) is 6.17. The Hall–Kier alpha value is -4.02. The SMILES string of the molecule is O=C(O)C1=C(CF)NC(Cn2ccnc2)=C(C(=O)O)C1c1cccc([N+](=O)[O-])c1. The van der Waals surface area contributed by atoms with Crippen molar-refractivity contribution in [2.24, 2.45) is 0 Å². The van der Waals surface area contributed by atoms with E-state index in [1.807, 2.05) is 0 Å². The van der Waals surface area contributed by atoms with E-state index in [1.54, 1.807) is 6.20 Å². The van der Waals surface area contributed by atoms with E-state index in [1.165, 1.54) is 35.3 Å². The van der Waals surface area contributed by atoms with Gasteiger partial charge in [-0.25, -0.2) is 19.0 Å². The summed E-state index contributed by atoms with van der Waals surface area (Å²) in [6.45, 7) is -1.23. The minimum absolute atomic E-state index is 0.0382. The molecule has 0 bridgehead atoms. The summed E-state index contributed by atoms with van der Waals surface area (Å²) in [5.41, 5.74) is -1.38. The van der Waals surface area contributed by atoms with Gasteiger partial charge in [0.15, 0.2) is 0 Å². The summed E-state index contributed by atoms with van der Waals surface area (Å²) in [6.07, 6.45) is 4.45. The number of imidazole rings is 1. The van der Waals surface area contributed by atoms with Crippen molar-refractivity contribution in [2.45, 2.75) is 12.5 Å². The Kier molecular flexibility index (Phi) is 5.39. The number of hydrogen-bond acceptors (Lipinski definition) is 6. The molecule has 1 unspecified atom stereocenters. The van der Waals surface area contributed by atoms with Gasteiger partial charge in [0.1, 0.15) is 6.67 Å². The topological polar surface area (TPSA) is 148 Å². The minimum Gasteiger partial charge on any atom is -0.478 e. The zero-order valence-electron chi connectivity index (χ0n) is 14.8. The van der Waals surface area contributed by atoms with E-state index >= 15 is 0 Å². The average Bonchev–Trinajstić information content (AvgIpc) is 3.19. The molecule has 1 aromatic heterocycles. The first kappa shape index (κ1) is 19.7. The number of non-ortho nitro benzene ring substituents is 1. The molecule has 1 aliphatic heterocycles. The Balaban J connectivity index is 2.24. The number of nitro groups is 1. The highest BCUT2D eigenvalue weighted by molar-refractivity contribution is 5.98. The Bertz CT molecular complexity index is 1040. The molecule has 150 valence electrons. The molecule has 11 heteroatoms. The highest BCUT2D eigenvalue weighted by Crippen LogP contribution is 2.39. The lowest BCUT2D eigenvalue weighted by Gasteiger charge is -2.30. The monoisotopic (exact) mass is 402 g/mol. The molecule has 0 saturated heterocycles. The van der Waals surface area contributed by atoms with E-state index in [9.17, 15) is 34.3 Å². The largest absolute Gasteiger partial charge is 0.478 e. The second kappa shape index (κ2) is 7.92. The van der Waals surface area contributed by atoms with Crippen molar-refractivity contribution >= 4 is 17.6 Å². The number of halogens is 1. The fraction of sp³-hybridized carbons (Fsp3) is 0.167. The molecule has 2 aromatic rings. The maximum absolute atomic E-state index is 13.7. The number of carboxylic acid groups (broad SMARTS) is 2. The summed E-state index contributed by atoms with van der Waals surface area (Å²) < 4.78 is 15.2. The maximum atomic E-state index is 13.7. The van der Waals surface area contributed by atoms with Crippen molar-refractivity contribution in [2.75, 3.05) is 6.67 Å². The molecular formula is C18H15FN4O6. The Morgan fingerprint density at radius 1 is 1.24 bits per heavy atom. The highest BCUT2D eigenvalue weighted by Gasteiger charge is 2.39. The third kappa shape index (κ3) is 3.83. The van der Waals surface area contributed by atoms with Crippen LogP contribution in [-0.2, 0) is 16.1 Å². The van der Waals surface area contributed by atoms with Crippen LogP contribution in [0.4, 0.5) is 10.1 Å². The lowest BCUT2D eigenvalue weighted by atomic mass is 9.80. The number of alkyl halides is 1. The van der Waals surface area contributed by atoms with Crippen molar-refractivity contribution in [1.29, 1.82) is 0 Å². The van der Waals surface area contributed by atoms with E-state index in [0.717, 1.165) is 6.07 Å². The van der Waals surface area contributed by atoms with E-state index in [2.05, 4.69) is 10.3 Å². The van der Waals surface area contributed by atoms with E-state index in [4.69, 9.17) is 0 Å². The summed E-state index contributed by atoms with van der Waals surface area (Å²) in [4.78, 5) is 38.3. The van der Waals surface area contributed by atoms with Crippen LogP contribution in [0.1, 0.15) is 11.5 Å². The number of nitro benzene ring substituents is 1. The quantitative estimate of drug-likeness (QED) is 0.469. The predicted molar refractivity (Wildman–Crippen MR) is 96.5 cm³/mol. The van der Waals surface area contributed by atoms with Crippen LogP contribution in [0.2, 0.25) is 0 Å². The molecule has 10 nitrogen and oxygen atoms in total. The van der Waals surface area contributed by atoms with Gasteiger partial charge in [-0.05, 0) is 5.56 Å². The number of aliphatic carboxylic acids is 2. The van der Waals surface area contributed by atoms with E-state index in [0.29, 0.717) is 0 Å². The highest BCUT2D eigenvalue weighted by atomic mass is 19.1. The van der Waals surface area contributed by atoms with Gasteiger partial charge >= 0.3 is 11.9 Å². The Labute approximate surface area is 162 Å². The fourth-order valence-electron chi connectivity index (χ4n) is 3.26. The number of allylic oxidation sites excluding steroid dienone is 2. The summed E-state index contributed by atoms with van der Waals surface area (Å²) in [5, 5.41) is 33.2. The standard InChI is InChI=1S/C18H15FN4O6/c19-7-12-15(17(24)25)14(10-2-1-3-11(6-10)23(28)29)16(18(26)27)13(21-12)8-22-5-4-20-9-22/h1-6,9,14,21H,7-8H2,(H,24,25)(H,26,27). The molecule has 1 aromatic carbocycles. The molecular weight excluding hydrogens is 387 g/mol. The van der Waals surface area contributed by atoms with Crippen molar-refractivity contribution in [3.63, 3.8) is 0 Å². The molecule has 0 fully saturated rings. The van der Waals surface area contributed by atoms with Crippen molar-refractivity contribution in [3.05, 3.63) is 81.2 Å². The van der Waals surface area contributed by atoms with Crippen LogP contribution in [0.15, 0.2) is 65.5 Å². The molecule has 1 aliphatic rings. The van der Waals surface area contributed by atoms with Crippen LogP contribution in [0.5, 0.6) is 0 Å². The lowest BCUT2D eigenvalue weighted by Crippen LogP contribution is -2.35. The number of hydrogen-bond donors (Lipinski definition) is 3. The average molecular weight is 402 g/mol. The van der Waals surface area contributed by atoms with Gasteiger partial charge in [0, 0.05) is 30.2 Å². The van der Waals surface area contributed by atoms with Crippen molar-refractivity contribution in [1.82, 2.24) is 14.9 Å². The molecule has 0 radical (unpaired) electrons. The Morgan fingerprint density at radius 3 is 2.48 bits per heavy atom. The summed E-state index contributed by atoms with van der Waals surface area (Å²) >= 11 is 0. The molecule has 1 atom stereocenters. The maximum Gasteiger partial charge on any atom is 0.334 e. The first-order valence-electron chi connectivity index (χ1n) is 8.29. The van der Waals surface area contributed by atoms with Crippen LogP contribution in [0.3, 0.4) is 0 Å². The predicted octanol–water partition coefficient (Wildman–Crippen LogP) is 1.83. The number of nitrogens with zero attached hydrogens (tertiary/aromatic N) is 3. The van der Waals surface area contributed by atoms with Crippen LogP contribution in [0.25, 0.3) is 0 Å². The first-order valence-corrected chi connectivity index (χ1v) is 8.29. The number of benzene rings is 1. The summed E-state index contributed by atoms with van der Waals surface area (Å²) in [5.74, 6) is -4.36. The molecule has 0 spiro atoms. The van der Waals surface area contributed by atoms with Crippen LogP contribution >= 0.6 is 0 Å². The van der Waals surface area contributed by atoms with Gasteiger partial charge in [0.05, 0.1) is 40.6 Å². The van der Waals surface area contributed by atoms with Gasteiger partial charge < -0.3 is 20.1 Å². The second-order valence-corrected chi connectivity index (χ2v) is 6.17. The van der Waals surface area contributed by atoms with Gasteiger partial charge in [-0.1, -0.05) is 12.1 Å². The zero-order chi connectivity index (χ0) is 21.1. The van der Waals surface area contributed by atoms with Gasteiger partial charge in [-0.15, -0.1) is 0 Å². The zero-order valence-corrected chi connectivity index (χ0v) is 14.8. The number of dihydropyridines is 1. The summed E-state index contributed by atoms with van der Waals surface area (Å²) in [7, 11) is 0. The molecule has 2 heterocycles. The number of aromatic nitrogens is 2. The molecule has 3 rings (SSSR count). The molecule has 0 saturated carbocycles. The summed E-state index contributed by atoms with van der Waals surface area (Å²) in [6, 6.07) is 4.98. The first-order chi connectivity index (χ1) is 13.8.